The quantitative estimate of drug-likeness (QED) is 0.263. The second kappa shape index (κ2) is 7.72. The molecule has 1 N–H and O–H groups in total. The number of carbonyl (C=O) groups is 2. The van der Waals surface area contributed by atoms with E-state index in [-0.39, 0.29) is 11.1 Å². The highest BCUT2D eigenvalue weighted by Crippen LogP contribution is 2.44. The Hall–Kier alpha value is -3.78. The number of aliphatic hydroxyl groups excluding tert-OH is 1. The van der Waals surface area contributed by atoms with Gasteiger partial charge in [-0.05, 0) is 60.5 Å². The summed E-state index contributed by atoms with van der Waals surface area (Å²) >= 11 is 1.29. The number of carbonyl (C=O) groups excluding carboxylic acids is 2. The maximum Gasteiger partial charge on any atom is 0.302 e. The van der Waals surface area contributed by atoms with Gasteiger partial charge in [0.25, 0.3) is 5.78 Å². The molecular weight excluding hydrogens is 431 g/mol. The van der Waals surface area contributed by atoms with E-state index in [0.29, 0.717) is 16.4 Å². The van der Waals surface area contributed by atoms with Gasteiger partial charge in [0.05, 0.1) is 22.1 Å². The lowest BCUT2D eigenvalue weighted by Crippen LogP contribution is -2.29. The molecule has 0 saturated carbocycles. The molecule has 4 aromatic rings. The predicted octanol–water partition coefficient (Wildman–Crippen LogP) is 5.22. The van der Waals surface area contributed by atoms with Crippen molar-refractivity contribution in [3.63, 3.8) is 0 Å². The Kier molecular flexibility index (Phi) is 4.86. The van der Waals surface area contributed by atoms with E-state index in [4.69, 9.17) is 4.42 Å². The van der Waals surface area contributed by atoms with Crippen LogP contribution in [-0.2, 0) is 16.0 Å². The zero-order valence-corrected chi connectivity index (χ0v) is 17.7. The number of ketones is 1. The van der Waals surface area contributed by atoms with Gasteiger partial charge in [0.15, 0.2) is 5.13 Å². The molecule has 1 atom stereocenters. The highest BCUT2D eigenvalue weighted by atomic mass is 32.1. The summed E-state index contributed by atoms with van der Waals surface area (Å²) in [5, 5.41) is 11.3. The van der Waals surface area contributed by atoms with E-state index in [1.54, 1.807) is 12.1 Å². The smallest absolute Gasteiger partial charge is 0.302 e. The summed E-state index contributed by atoms with van der Waals surface area (Å²) in [6.07, 6.45) is 2.29. The number of benzene rings is 2. The van der Waals surface area contributed by atoms with E-state index in [0.717, 1.165) is 16.7 Å². The number of aromatic nitrogens is 1. The zero-order chi connectivity index (χ0) is 22.4. The molecule has 2 aromatic heterocycles. The van der Waals surface area contributed by atoms with Gasteiger partial charge in [-0.2, -0.15) is 0 Å². The number of Topliss-reactive ketones (excluding diaryl/α,β-unsaturated/α-hetero) is 1. The number of aryl methyl sites for hydroxylation is 1. The van der Waals surface area contributed by atoms with Gasteiger partial charge in [-0.1, -0.05) is 24.3 Å². The molecule has 1 aliphatic heterocycles. The molecule has 8 heteroatoms. The minimum absolute atomic E-state index is 0.134. The Balaban J connectivity index is 1.69. The second-order valence-corrected chi connectivity index (χ2v) is 8.35. The van der Waals surface area contributed by atoms with Crippen LogP contribution in [0.1, 0.15) is 29.9 Å². The fourth-order valence-electron chi connectivity index (χ4n) is 3.79. The third kappa shape index (κ3) is 3.20. The number of halogens is 1. The highest BCUT2D eigenvalue weighted by molar-refractivity contribution is 7.22. The summed E-state index contributed by atoms with van der Waals surface area (Å²) in [7, 11) is 0. The van der Waals surface area contributed by atoms with Gasteiger partial charge < -0.3 is 9.52 Å². The number of rotatable bonds is 4. The Morgan fingerprint density at radius 2 is 1.97 bits per heavy atom. The number of thiazole rings is 1. The number of nitrogens with zero attached hydrogens (tertiary/aromatic N) is 2. The van der Waals surface area contributed by atoms with Gasteiger partial charge in [0.1, 0.15) is 23.4 Å². The van der Waals surface area contributed by atoms with Crippen LogP contribution in [-0.4, -0.2) is 21.8 Å². The van der Waals surface area contributed by atoms with E-state index in [9.17, 15) is 19.1 Å². The molecule has 1 saturated heterocycles. The third-order valence-corrected chi connectivity index (χ3v) is 6.45. The lowest BCUT2D eigenvalue weighted by atomic mass is 9.99. The fourth-order valence-corrected chi connectivity index (χ4v) is 4.84. The summed E-state index contributed by atoms with van der Waals surface area (Å²) in [6.45, 7) is 2.05. The molecule has 1 fully saturated rings. The largest absolute Gasteiger partial charge is 0.507 e. The minimum atomic E-state index is -0.999. The first kappa shape index (κ1) is 20.1. The summed E-state index contributed by atoms with van der Waals surface area (Å²) < 4.78 is 19.8. The third-order valence-electron chi connectivity index (χ3n) is 5.43. The Morgan fingerprint density at radius 3 is 2.66 bits per heavy atom. The molecular formula is C24H17FN2O4S. The maximum atomic E-state index is 13.4. The SMILES string of the molecule is CCc1ccc2nc(N3C(=O)C(=O)/C(=C(/O)c4ccc(F)cc4)C3c3ccco3)sc2c1. The zero-order valence-electron chi connectivity index (χ0n) is 16.9. The lowest BCUT2D eigenvalue weighted by Gasteiger charge is -2.20. The normalized spacial score (nSPS) is 18.1. The van der Waals surface area contributed by atoms with Crippen molar-refractivity contribution in [3.8, 4) is 0 Å². The average molecular weight is 448 g/mol. The van der Waals surface area contributed by atoms with E-state index < -0.39 is 29.3 Å². The van der Waals surface area contributed by atoms with Crippen molar-refractivity contribution >= 4 is 44.1 Å². The van der Waals surface area contributed by atoms with Crippen LogP contribution in [0.2, 0.25) is 0 Å². The van der Waals surface area contributed by atoms with Gasteiger partial charge in [-0.15, -0.1) is 0 Å². The summed E-state index contributed by atoms with van der Waals surface area (Å²) in [5.74, 6) is -2.25. The van der Waals surface area contributed by atoms with Crippen LogP contribution in [0.15, 0.2) is 70.9 Å². The van der Waals surface area contributed by atoms with Crippen LogP contribution in [0.25, 0.3) is 16.0 Å². The number of aliphatic hydroxyl groups is 1. The highest BCUT2D eigenvalue weighted by Gasteiger charge is 2.49. The Morgan fingerprint density at radius 1 is 1.19 bits per heavy atom. The van der Waals surface area contributed by atoms with Crippen LogP contribution >= 0.6 is 11.3 Å². The van der Waals surface area contributed by atoms with E-state index in [1.165, 1.54) is 46.8 Å². The molecule has 0 spiro atoms. The van der Waals surface area contributed by atoms with Crippen LogP contribution in [0.3, 0.4) is 0 Å². The number of fused-ring (bicyclic) bond motifs is 1. The van der Waals surface area contributed by atoms with E-state index in [2.05, 4.69) is 4.98 Å². The van der Waals surface area contributed by atoms with Crippen LogP contribution in [0.5, 0.6) is 0 Å². The standard InChI is InChI=1S/C24H17FN2O4S/c1-2-13-5-10-16-18(12-13)32-24(26-16)27-20(17-4-3-11-31-17)19(22(29)23(27)30)21(28)14-6-8-15(25)9-7-14/h3-12,20,28H,2H2,1H3/b21-19+. The first-order valence-electron chi connectivity index (χ1n) is 9.97. The van der Waals surface area contributed by atoms with Crippen molar-refractivity contribution in [2.45, 2.75) is 19.4 Å². The molecule has 1 unspecified atom stereocenters. The molecule has 3 heterocycles. The number of hydrogen-bond acceptors (Lipinski definition) is 6. The van der Waals surface area contributed by atoms with E-state index in [1.807, 2.05) is 25.1 Å². The van der Waals surface area contributed by atoms with E-state index >= 15 is 0 Å². The molecule has 5 rings (SSSR count). The second-order valence-electron chi connectivity index (χ2n) is 7.34. The van der Waals surface area contributed by atoms with Crippen LogP contribution in [0, 0.1) is 5.82 Å². The Bertz CT molecular complexity index is 1370. The predicted molar refractivity (Wildman–Crippen MR) is 119 cm³/mol. The molecule has 0 bridgehead atoms. The number of amides is 1. The maximum absolute atomic E-state index is 13.4. The van der Waals surface area contributed by atoms with Crippen LogP contribution in [0.4, 0.5) is 9.52 Å². The summed E-state index contributed by atoms with van der Waals surface area (Å²) in [4.78, 5) is 32.0. The van der Waals surface area contributed by atoms with Crippen molar-refractivity contribution in [2.24, 2.45) is 0 Å². The van der Waals surface area contributed by atoms with Crippen molar-refractivity contribution < 1.29 is 23.5 Å². The molecule has 32 heavy (non-hydrogen) atoms. The van der Waals surface area contributed by atoms with Gasteiger partial charge in [0.2, 0.25) is 0 Å². The Labute approximate surface area is 186 Å². The van der Waals surface area contributed by atoms with Crippen molar-refractivity contribution in [2.75, 3.05) is 4.90 Å². The summed E-state index contributed by atoms with van der Waals surface area (Å²) in [6, 6.07) is 13.2. The van der Waals surface area contributed by atoms with Crippen molar-refractivity contribution in [1.82, 2.24) is 4.98 Å². The lowest BCUT2D eigenvalue weighted by molar-refractivity contribution is -0.132. The van der Waals surface area contributed by atoms with Crippen molar-refractivity contribution in [3.05, 3.63) is 89.1 Å². The molecule has 0 aliphatic carbocycles. The number of furan rings is 1. The summed E-state index contributed by atoms with van der Waals surface area (Å²) in [5.41, 5.74) is 1.93. The van der Waals surface area contributed by atoms with Gasteiger partial charge in [-0.3, -0.25) is 14.5 Å². The first-order chi connectivity index (χ1) is 15.5. The average Bonchev–Trinajstić information content (AvgIpc) is 3.52. The molecule has 2 aromatic carbocycles. The van der Waals surface area contributed by atoms with Gasteiger partial charge >= 0.3 is 5.91 Å². The topological polar surface area (TPSA) is 83.6 Å². The molecule has 160 valence electrons. The van der Waals surface area contributed by atoms with Crippen molar-refractivity contribution in [1.29, 1.82) is 0 Å². The first-order valence-corrected chi connectivity index (χ1v) is 10.8. The molecule has 6 nitrogen and oxygen atoms in total. The molecule has 1 aliphatic rings. The van der Waals surface area contributed by atoms with Crippen LogP contribution < -0.4 is 4.90 Å². The number of anilines is 1. The molecule has 1 amide bonds. The minimum Gasteiger partial charge on any atom is -0.507 e. The number of hydrogen-bond donors (Lipinski definition) is 1. The molecule has 0 radical (unpaired) electrons. The monoisotopic (exact) mass is 448 g/mol. The van der Waals surface area contributed by atoms with Gasteiger partial charge in [0, 0.05) is 5.56 Å². The van der Waals surface area contributed by atoms with Gasteiger partial charge in [-0.25, -0.2) is 9.37 Å². The fraction of sp³-hybridized carbons (Fsp3) is 0.125.